The van der Waals surface area contributed by atoms with Crippen LogP contribution in [0.3, 0.4) is 0 Å². The lowest BCUT2D eigenvalue weighted by Crippen LogP contribution is -2.43. The first-order valence-corrected chi connectivity index (χ1v) is 6.56. The molecule has 0 fully saturated rings. The number of carbonyl (C=O) groups is 2. The van der Waals surface area contributed by atoms with Crippen molar-refractivity contribution in [2.45, 2.75) is 38.0 Å². The number of sulfonamides is 1. The summed E-state index contributed by atoms with van der Waals surface area (Å²) in [5.74, 6) is -1.90. The number of nitrogens with one attached hydrogen (secondary N) is 1. The number of carbonyl (C=O) groups excluding carboxylic acids is 1. The van der Waals surface area contributed by atoms with Gasteiger partial charge >= 0.3 is 11.9 Å². The summed E-state index contributed by atoms with van der Waals surface area (Å²) < 4.78 is 29.3. The van der Waals surface area contributed by atoms with Gasteiger partial charge in [-0.1, -0.05) is 0 Å². The van der Waals surface area contributed by atoms with Crippen LogP contribution in [0.2, 0.25) is 0 Å². The monoisotopic (exact) mass is 267 g/mol. The van der Waals surface area contributed by atoms with E-state index in [1.807, 2.05) is 4.72 Å². The molecule has 0 aliphatic carbocycles. The highest BCUT2D eigenvalue weighted by Crippen LogP contribution is 2.04. The number of aliphatic carboxylic acids is 1. The third kappa shape index (κ3) is 5.64. The number of hydrogen-bond acceptors (Lipinski definition) is 5. The van der Waals surface area contributed by atoms with Gasteiger partial charge < -0.3 is 9.84 Å². The number of carboxylic acids is 1. The zero-order chi connectivity index (χ0) is 13.6. The topological polar surface area (TPSA) is 110 Å². The molecule has 0 amide bonds. The minimum absolute atomic E-state index is 0.145. The maximum atomic E-state index is 11.5. The number of hydrogen-bond donors (Lipinski definition) is 2. The van der Waals surface area contributed by atoms with Gasteiger partial charge in [-0.05, 0) is 20.3 Å². The van der Waals surface area contributed by atoms with Gasteiger partial charge in [0, 0.05) is 6.42 Å². The lowest BCUT2D eigenvalue weighted by molar-refractivity contribution is -0.142. The summed E-state index contributed by atoms with van der Waals surface area (Å²) in [4.78, 5) is 21.7. The molecule has 8 heteroatoms. The van der Waals surface area contributed by atoms with Crippen molar-refractivity contribution in [2.75, 3.05) is 7.11 Å². The second kappa shape index (κ2) is 6.55. The molecule has 0 aliphatic rings. The van der Waals surface area contributed by atoms with Gasteiger partial charge in [-0.25, -0.2) is 13.1 Å². The van der Waals surface area contributed by atoms with E-state index in [4.69, 9.17) is 5.11 Å². The van der Waals surface area contributed by atoms with Gasteiger partial charge in [-0.15, -0.1) is 0 Å². The zero-order valence-electron chi connectivity index (χ0n) is 9.97. The van der Waals surface area contributed by atoms with E-state index in [0.717, 1.165) is 0 Å². The van der Waals surface area contributed by atoms with Crippen molar-refractivity contribution in [3.8, 4) is 0 Å². The Morgan fingerprint density at radius 1 is 1.35 bits per heavy atom. The Hall–Kier alpha value is -1.15. The Morgan fingerprint density at radius 2 is 1.88 bits per heavy atom. The van der Waals surface area contributed by atoms with Gasteiger partial charge in [0.15, 0.2) is 0 Å². The van der Waals surface area contributed by atoms with Crippen molar-refractivity contribution in [2.24, 2.45) is 0 Å². The summed E-state index contributed by atoms with van der Waals surface area (Å²) in [7, 11) is -2.50. The maximum absolute atomic E-state index is 11.5. The predicted octanol–water partition coefficient (Wildman–Crippen LogP) is -0.279. The van der Waals surface area contributed by atoms with Crippen LogP contribution in [0.25, 0.3) is 0 Å². The molecule has 2 N–H and O–H groups in total. The number of rotatable bonds is 7. The molecule has 17 heavy (non-hydrogen) atoms. The van der Waals surface area contributed by atoms with E-state index in [-0.39, 0.29) is 12.8 Å². The van der Waals surface area contributed by atoms with E-state index in [2.05, 4.69) is 4.74 Å². The molecule has 0 aromatic heterocycles. The fourth-order valence-electron chi connectivity index (χ4n) is 0.931. The Morgan fingerprint density at radius 3 is 2.24 bits per heavy atom. The molecular weight excluding hydrogens is 250 g/mol. The average Bonchev–Trinajstić information content (AvgIpc) is 2.22. The SMILES string of the molecule is COC(=O)CCC(NS(=O)(=O)C(C)C)C(=O)O. The lowest BCUT2D eigenvalue weighted by atomic mass is 10.2. The van der Waals surface area contributed by atoms with Gasteiger partial charge in [0.25, 0.3) is 0 Å². The zero-order valence-corrected chi connectivity index (χ0v) is 10.8. The summed E-state index contributed by atoms with van der Waals surface area (Å²) in [6.07, 6.45) is -0.304. The van der Waals surface area contributed by atoms with E-state index in [1.54, 1.807) is 0 Å². The third-order valence-corrected chi connectivity index (χ3v) is 3.94. The standard InChI is InChI=1S/C9H17NO6S/c1-6(2)17(14,15)10-7(9(12)13)4-5-8(11)16-3/h6-7,10H,4-5H2,1-3H3,(H,12,13). The van der Waals surface area contributed by atoms with Crippen molar-refractivity contribution in [1.29, 1.82) is 0 Å². The Bertz CT molecular complexity index is 375. The summed E-state index contributed by atoms with van der Waals surface area (Å²) in [6.45, 7) is 2.86. The largest absolute Gasteiger partial charge is 0.480 e. The molecule has 0 aromatic rings. The fraction of sp³-hybridized carbons (Fsp3) is 0.778. The first kappa shape index (κ1) is 15.9. The predicted molar refractivity (Wildman–Crippen MR) is 59.9 cm³/mol. The molecule has 100 valence electrons. The maximum Gasteiger partial charge on any atom is 0.321 e. The molecule has 0 radical (unpaired) electrons. The minimum atomic E-state index is -3.68. The lowest BCUT2D eigenvalue weighted by Gasteiger charge is -2.15. The molecule has 7 nitrogen and oxygen atoms in total. The van der Waals surface area contributed by atoms with E-state index < -0.39 is 33.3 Å². The number of esters is 1. The van der Waals surface area contributed by atoms with Crippen LogP contribution >= 0.6 is 0 Å². The fourth-order valence-corrected chi connectivity index (χ4v) is 1.82. The van der Waals surface area contributed by atoms with Gasteiger partial charge in [0.05, 0.1) is 12.4 Å². The summed E-state index contributed by atoms with van der Waals surface area (Å²) >= 11 is 0. The molecule has 0 aliphatic heterocycles. The molecule has 0 saturated carbocycles. The molecule has 1 atom stereocenters. The smallest absolute Gasteiger partial charge is 0.321 e. The normalized spacial score (nSPS) is 13.4. The van der Waals surface area contributed by atoms with Crippen LogP contribution in [-0.2, 0) is 24.3 Å². The quantitative estimate of drug-likeness (QED) is 0.614. The van der Waals surface area contributed by atoms with Gasteiger partial charge in [-0.3, -0.25) is 9.59 Å². The number of ether oxygens (including phenoxy) is 1. The number of carboxylic acid groups (broad SMARTS) is 1. The van der Waals surface area contributed by atoms with Crippen molar-refractivity contribution in [3.63, 3.8) is 0 Å². The van der Waals surface area contributed by atoms with Crippen LogP contribution in [0.1, 0.15) is 26.7 Å². The van der Waals surface area contributed by atoms with Crippen LogP contribution in [0.4, 0.5) is 0 Å². The van der Waals surface area contributed by atoms with Crippen LogP contribution in [0.15, 0.2) is 0 Å². The first-order valence-electron chi connectivity index (χ1n) is 5.01. The van der Waals surface area contributed by atoms with E-state index in [0.29, 0.717) is 0 Å². The molecular formula is C9H17NO6S. The highest BCUT2D eigenvalue weighted by molar-refractivity contribution is 7.90. The Labute approximate surface area is 100 Å². The second-order valence-corrected chi connectivity index (χ2v) is 5.99. The highest BCUT2D eigenvalue weighted by Gasteiger charge is 2.26. The minimum Gasteiger partial charge on any atom is -0.480 e. The van der Waals surface area contributed by atoms with Crippen LogP contribution in [-0.4, -0.2) is 43.9 Å². The molecule has 0 rings (SSSR count). The molecule has 0 aromatic carbocycles. The van der Waals surface area contributed by atoms with E-state index in [9.17, 15) is 18.0 Å². The van der Waals surface area contributed by atoms with Crippen LogP contribution in [0.5, 0.6) is 0 Å². The van der Waals surface area contributed by atoms with Crippen LogP contribution in [0, 0.1) is 0 Å². The van der Waals surface area contributed by atoms with Crippen molar-refractivity contribution in [3.05, 3.63) is 0 Å². The van der Waals surface area contributed by atoms with E-state index >= 15 is 0 Å². The van der Waals surface area contributed by atoms with Crippen LogP contribution < -0.4 is 4.72 Å². The first-order chi connectivity index (χ1) is 7.70. The highest BCUT2D eigenvalue weighted by atomic mass is 32.2. The third-order valence-electron chi connectivity index (χ3n) is 2.09. The van der Waals surface area contributed by atoms with Crippen molar-refractivity contribution < 1.29 is 27.9 Å². The Balaban J connectivity index is 4.57. The van der Waals surface area contributed by atoms with Crippen molar-refractivity contribution >= 4 is 22.0 Å². The Kier molecular flexibility index (Phi) is 6.11. The average molecular weight is 267 g/mol. The van der Waals surface area contributed by atoms with Gasteiger partial charge in [-0.2, -0.15) is 0 Å². The molecule has 0 heterocycles. The second-order valence-electron chi connectivity index (χ2n) is 3.72. The molecule has 0 spiro atoms. The molecule has 0 bridgehead atoms. The number of methoxy groups -OCH3 is 1. The van der Waals surface area contributed by atoms with Gasteiger partial charge in [0.2, 0.25) is 10.0 Å². The summed E-state index contributed by atoms with van der Waals surface area (Å²) in [6, 6.07) is -1.32. The molecule has 0 saturated heterocycles. The van der Waals surface area contributed by atoms with E-state index in [1.165, 1.54) is 21.0 Å². The summed E-state index contributed by atoms with van der Waals surface area (Å²) in [5, 5.41) is 8.09. The summed E-state index contributed by atoms with van der Waals surface area (Å²) in [5.41, 5.74) is 0. The van der Waals surface area contributed by atoms with Gasteiger partial charge in [0.1, 0.15) is 6.04 Å². The van der Waals surface area contributed by atoms with Crippen molar-refractivity contribution in [1.82, 2.24) is 4.72 Å². The molecule has 1 unspecified atom stereocenters.